The lowest BCUT2D eigenvalue weighted by Gasteiger charge is -2.41. The molecule has 1 spiro atoms. The van der Waals surface area contributed by atoms with Crippen LogP contribution in [0.25, 0.3) is 42.4 Å². The highest BCUT2D eigenvalue weighted by atomic mass is 32.1. The Morgan fingerprint density at radius 3 is 1.77 bits per heavy atom. The standard InChI is InChI=1S/C49H31NOS/c1-2-16-32(17-3-1)50(43-28-11-6-20-35(43)37-22-14-23-38-36-21-7-13-31-46(36)52-48(37)38)44-29-15-27-42-47(44)51-45-30-12-10-26-41(45)49(42)39-24-8-4-18-33(39)34-19-5-9-25-40(34)49/h1-31H. The second kappa shape index (κ2) is 11.3. The maximum atomic E-state index is 7.17. The summed E-state index contributed by atoms with van der Waals surface area (Å²) in [6, 6.07) is 68.1. The molecular weight excluding hydrogens is 651 g/mol. The second-order valence-corrected chi connectivity index (χ2v) is 14.6. The molecule has 52 heavy (non-hydrogen) atoms. The number of fused-ring (bicyclic) bond motifs is 12. The Balaban J connectivity index is 1.21. The molecule has 0 amide bonds. The summed E-state index contributed by atoms with van der Waals surface area (Å²) in [4.78, 5) is 2.40. The Kier molecular flexibility index (Phi) is 6.37. The van der Waals surface area contributed by atoms with E-state index in [1.807, 2.05) is 11.3 Å². The molecule has 2 nitrogen and oxygen atoms in total. The number of ether oxygens (including phenoxy) is 1. The Hall–Kier alpha value is -6.42. The number of hydrogen-bond acceptors (Lipinski definition) is 3. The van der Waals surface area contributed by atoms with E-state index in [1.54, 1.807) is 0 Å². The summed E-state index contributed by atoms with van der Waals surface area (Å²) >= 11 is 1.87. The predicted molar refractivity (Wildman–Crippen MR) is 217 cm³/mol. The third-order valence-electron chi connectivity index (χ3n) is 10.9. The maximum Gasteiger partial charge on any atom is 0.156 e. The first-order valence-electron chi connectivity index (χ1n) is 17.8. The Morgan fingerprint density at radius 2 is 0.962 bits per heavy atom. The topological polar surface area (TPSA) is 12.5 Å². The van der Waals surface area contributed by atoms with Crippen LogP contribution < -0.4 is 9.64 Å². The molecule has 9 aromatic rings. The van der Waals surface area contributed by atoms with Crippen LogP contribution in [0.1, 0.15) is 22.3 Å². The van der Waals surface area contributed by atoms with E-state index in [1.165, 1.54) is 59.1 Å². The molecule has 0 fully saturated rings. The van der Waals surface area contributed by atoms with Crippen LogP contribution in [0.5, 0.6) is 11.5 Å². The lowest BCUT2D eigenvalue weighted by molar-refractivity contribution is 0.437. The highest BCUT2D eigenvalue weighted by Crippen LogP contribution is 2.64. The summed E-state index contributed by atoms with van der Waals surface area (Å²) in [5, 5.41) is 2.59. The molecule has 0 saturated heterocycles. The van der Waals surface area contributed by atoms with Gasteiger partial charge in [-0.05, 0) is 58.7 Å². The lowest BCUT2D eigenvalue weighted by Crippen LogP contribution is -2.32. The lowest BCUT2D eigenvalue weighted by atomic mass is 9.66. The van der Waals surface area contributed by atoms with Gasteiger partial charge in [-0.3, -0.25) is 0 Å². The Bertz CT molecular complexity index is 2810. The number of anilines is 3. The molecule has 0 unspecified atom stereocenters. The van der Waals surface area contributed by atoms with Crippen LogP contribution in [0.4, 0.5) is 17.1 Å². The molecule has 8 aromatic carbocycles. The van der Waals surface area contributed by atoms with Crippen LogP contribution >= 0.6 is 11.3 Å². The first kappa shape index (κ1) is 29.3. The van der Waals surface area contributed by atoms with Crippen molar-refractivity contribution in [1.29, 1.82) is 0 Å². The summed E-state index contributed by atoms with van der Waals surface area (Å²) in [6.45, 7) is 0. The van der Waals surface area contributed by atoms with Crippen molar-refractivity contribution in [2.45, 2.75) is 5.41 Å². The van der Waals surface area contributed by atoms with E-state index >= 15 is 0 Å². The van der Waals surface area contributed by atoms with Gasteiger partial charge in [0, 0.05) is 48.1 Å². The minimum absolute atomic E-state index is 0.544. The largest absolute Gasteiger partial charge is 0.454 e. The van der Waals surface area contributed by atoms with Crippen LogP contribution in [0.2, 0.25) is 0 Å². The first-order valence-corrected chi connectivity index (χ1v) is 18.6. The van der Waals surface area contributed by atoms with Crippen molar-refractivity contribution >= 4 is 48.6 Å². The third-order valence-corrected chi connectivity index (χ3v) is 12.2. The van der Waals surface area contributed by atoms with Gasteiger partial charge < -0.3 is 9.64 Å². The van der Waals surface area contributed by atoms with E-state index in [-0.39, 0.29) is 0 Å². The molecule has 0 bridgehead atoms. The van der Waals surface area contributed by atoms with E-state index < -0.39 is 5.41 Å². The molecule has 11 rings (SSSR count). The van der Waals surface area contributed by atoms with Gasteiger partial charge in [0.1, 0.15) is 5.75 Å². The van der Waals surface area contributed by atoms with E-state index in [2.05, 4.69) is 193 Å². The van der Waals surface area contributed by atoms with Gasteiger partial charge in [0.15, 0.2) is 5.75 Å². The van der Waals surface area contributed by atoms with Crippen molar-refractivity contribution in [3.63, 3.8) is 0 Å². The van der Waals surface area contributed by atoms with Gasteiger partial charge in [0.2, 0.25) is 0 Å². The van der Waals surface area contributed by atoms with Gasteiger partial charge in [0.05, 0.1) is 16.8 Å². The monoisotopic (exact) mass is 681 g/mol. The average molecular weight is 682 g/mol. The van der Waals surface area contributed by atoms with Gasteiger partial charge in [-0.25, -0.2) is 0 Å². The summed E-state index contributed by atoms with van der Waals surface area (Å²) in [6.07, 6.45) is 0. The predicted octanol–water partition coefficient (Wildman–Crippen LogP) is 13.7. The molecule has 0 N–H and O–H groups in total. The van der Waals surface area contributed by atoms with E-state index in [0.717, 1.165) is 34.1 Å². The van der Waals surface area contributed by atoms with Crippen molar-refractivity contribution in [3.05, 3.63) is 210 Å². The quantitative estimate of drug-likeness (QED) is 0.183. The zero-order valence-electron chi connectivity index (χ0n) is 28.2. The van der Waals surface area contributed by atoms with Crippen molar-refractivity contribution in [3.8, 4) is 33.8 Å². The first-order chi connectivity index (χ1) is 25.8. The molecule has 0 atom stereocenters. The molecule has 1 aromatic heterocycles. The average Bonchev–Trinajstić information content (AvgIpc) is 3.74. The Labute approximate surface area is 306 Å². The highest BCUT2D eigenvalue weighted by Gasteiger charge is 2.51. The van der Waals surface area contributed by atoms with Crippen molar-refractivity contribution in [2.24, 2.45) is 0 Å². The zero-order chi connectivity index (χ0) is 34.2. The number of rotatable bonds is 4. The molecule has 2 heterocycles. The third kappa shape index (κ3) is 4.00. The highest BCUT2D eigenvalue weighted by molar-refractivity contribution is 7.26. The van der Waals surface area contributed by atoms with Crippen molar-refractivity contribution < 1.29 is 4.74 Å². The number of para-hydroxylation sites is 4. The zero-order valence-corrected chi connectivity index (χ0v) is 29.0. The van der Waals surface area contributed by atoms with Crippen molar-refractivity contribution in [2.75, 3.05) is 4.90 Å². The van der Waals surface area contributed by atoms with Crippen molar-refractivity contribution in [1.82, 2.24) is 0 Å². The van der Waals surface area contributed by atoms with Gasteiger partial charge >= 0.3 is 0 Å². The van der Waals surface area contributed by atoms with Crippen LogP contribution in [0.3, 0.4) is 0 Å². The second-order valence-electron chi connectivity index (χ2n) is 13.6. The summed E-state index contributed by atoms with van der Waals surface area (Å²) < 4.78 is 9.76. The molecule has 244 valence electrons. The van der Waals surface area contributed by atoms with E-state index in [9.17, 15) is 0 Å². The summed E-state index contributed by atoms with van der Waals surface area (Å²) in [5.41, 5.74) is 12.4. The fraction of sp³-hybridized carbons (Fsp3) is 0.0204. The summed E-state index contributed by atoms with van der Waals surface area (Å²) in [7, 11) is 0. The minimum atomic E-state index is -0.544. The number of hydrogen-bond donors (Lipinski definition) is 0. The number of thiophene rings is 1. The van der Waals surface area contributed by atoms with Gasteiger partial charge in [-0.1, -0.05) is 152 Å². The van der Waals surface area contributed by atoms with Crippen LogP contribution in [0, 0.1) is 0 Å². The smallest absolute Gasteiger partial charge is 0.156 e. The number of nitrogens with zero attached hydrogens (tertiary/aromatic N) is 1. The Morgan fingerprint density at radius 1 is 0.404 bits per heavy atom. The van der Waals surface area contributed by atoms with Gasteiger partial charge in [-0.2, -0.15) is 0 Å². The van der Waals surface area contributed by atoms with Crippen LogP contribution in [-0.2, 0) is 5.41 Å². The molecule has 2 aliphatic rings. The number of benzene rings is 8. The molecule has 3 heteroatoms. The molecule has 1 aliphatic heterocycles. The molecule has 0 saturated carbocycles. The molecular formula is C49H31NOS. The van der Waals surface area contributed by atoms with E-state index in [4.69, 9.17) is 4.74 Å². The summed E-state index contributed by atoms with van der Waals surface area (Å²) in [5.74, 6) is 1.75. The fourth-order valence-corrected chi connectivity index (χ4v) is 10.1. The molecule has 1 aliphatic carbocycles. The SMILES string of the molecule is c1ccc(N(c2ccccc2-c2cccc3c2sc2ccccc23)c2cccc3c2Oc2ccccc2C32c3ccccc3-c3ccccc32)cc1. The fourth-order valence-electron chi connectivity index (χ4n) is 8.88. The molecule has 0 radical (unpaired) electrons. The van der Waals surface area contributed by atoms with Crippen LogP contribution in [0.15, 0.2) is 188 Å². The van der Waals surface area contributed by atoms with Crippen LogP contribution in [-0.4, -0.2) is 0 Å². The minimum Gasteiger partial charge on any atom is -0.454 e. The normalized spacial score (nSPS) is 13.3. The van der Waals surface area contributed by atoms with Gasteiger partial charge in [0.25, 0.3) is 0 Å². The van der Waals surface area contributed by atoms with E-state index in [0.29, 0.717) is 0 Å². The van der Waals surface area contributed by atoms with Gasteiger partial charge in [-0.15, -0.1) is 11.3 Å². The maximum absolute atomic E-state index is 7.17.